The summed E-state index contributed by atoms with van der Waals surface area (Å²) < 4.78 is 0. The van der Waals surface area contributed by atoms with Crippen molar-refractivity contribution >= 4 is 23.5 Å². The third-order valence-electron chi connectivity index (χ3n) is 3.21. The van der Waals surface area contributed by atoms with Gasteiger partial charge in [-0.25, -0.2) is 4.98 Å². The number of halogens is 1. The lowest BCUT2D eigenvalue weighted by Crippen LogP contribution is -2.37. The standard InChI is InChI=1S/C14H17ClN2O3/c1-8(2)11-5-9(6-12(15)16-11)14(20)17(7-13(18)19)10-3-4-10/h5-6,8,10H,3-4,7H2,1-2H3,(H,18,19). The van der Waals surface area contributed by atoms with Gasteiger partial charge in [0, 0.05) is 17.3 Å². The Kier molecular flexibility index (Phi) is 4.28. The first-order chi connectivity index (χ1) is 9.38. The Bertz CT molecular complexity index is 541. The molecule has 1 aliphatic carbocycles. The lowest BCUT2D eigenvalue weighted by Gasteiger charge is -2.20. The minimum atomic E-state index is -1.01. The highest BCUT2D eigenvalue weighted by Gasteiger charge is 2.34. The van der Waals surface area contributed by atoms with Crippen molar-refractivity contribution in [3.05, 3.63) is 28.5 Å². The van der Waals surface area contributed by atoms with Crippen LogP contribution in [0, 0.1) is 0 Å². The van der Waals surface area contributed by atoms with Gasteiger partial charge in [0.1, 0.15) is 11.7 Å². The van der Waals surface area contributed by atoms with Crippen molar-refractivity contribution in [3.8, 4) is 0 Å². The van der Waals surface area contributed by atoms with Crippen molar-refractivity contribution in [2.45, 2.75) is 38.6 Å². The molecule has 1 N–H and O–H groups in total. The van der Waals surface area contributed by atoms with E-state index in [-0.39, 0.29) is 29.6 Å². The number of aliphatic carboxylic acids is 1. The van der Waals surface area contributed by atoms with Crippen LogP contribution in [0.2, 0.25) is 5.15 Å². The topological polar surface area (TPSA) is 70.5 Å². The SMILES string of the molecule is CC(C)c1cc(C(=O)N(CC(=O)O)C2CC2)cc(Cl)n1. The molecule has 108 valence electrons. The van der Waals surface area contributed by atoms with E-state index in [0.717, 1.165) is 18.5 Å². The summed E-state index contributed by atoms with van der Waals surface area (Å²) in [6.07, 6.45) is 1.71. The van der Waals surface area contributed by atoms with E-state index in [1.165, 1.54) is 11.0 Å². The number of aromatic nitrogens is 1. The summed E-state index contributed by atoms with van der Waals surface area (Å²) in [7, 11) is 0. The number of hydrogen-bond acceptors (Lipinski definition) is 3. The van der Waals surface area contributed by atoms with Gasteiger partial charge in [0.15, 0.2) is 0 Å². The molecule has 5 nitrogen and oxygen atoms in total. The van der Waals surface area contributed by atoms with Crippen LogP contribution in [0.25, 0.3) is 0 Å². The predicted molar refractivity (Wildman–Crippen MR) is 75.0 cm³/mol. The molecule has 0 aliphatic heterocycles. The first-order valence-corrected chi connectivity index (χ1v) is 6.96. The van der Waals surface area contributed by atoms with Crippen LogP contribution in [0.4, 0.5) is 0 Å². The van der Waals surface area contributed by atoms with Crippen LogP contribution in [0.5, 0.6) is 0 Å². The van der Waals surface area contributed by atoms with Crippen molar-refractivity contribution in [3.63, 3.8) is 0 Å². The maximum atomic E-state index is 12.5. The molecule has 6 heteroatoms. The molecule has 1 aliphatic rings. The van der Waals surface area contributed by atoms with Crippen molar-refractivity contribution in [1.29, 1.82) is 0 Å². The molecule has 0 unspecified atom stereocenters. The quantitative estimate of drug-likeness (QED) is 0.848. The molecule has 1 aromatic heterocycles. The third kappa shape index (κ3) is 3.48. The van der Waals surface area contributed by atoms with Crippen molar-refractivity contribution in [2.75, 3.05) is 6.54 Å². The third-order valence-corrected chi connectivity index (χ3v) is 3.40. The van der Waals surface area contributed by atoms with E-state index in [1.807, 2.05) is 13.8 Å². The van der Waals surface area contributed by atoms with Crippen molar-refractivity contribution < 1.29 is 14.7 Å². The second kappa shape index (κ2) is 5.79. The summed E-state index contributed by atoms with van der Waals surface area (Å²) in [5.74, 6) is -1.15. The highest BCUT2D eigenvalue weighted by molar-refractivity contribution is 6.29. The molecule has 1 amide bonds. The van der Waals surface area contributed by atoms with Gasteiger partial charge >= 0.3 is 5.97 Å². The van der Waals surface area contributed by atoms with E-state index in [4.69, 9.17) is 16.7 Å². The van der Waals surface area contributed by atoms with Crippen LogP contribution in [0.3, 0.4) is 0 Å². The number of hydrogen-bond donors (Lipinski definition) is 1. The van der Waals surface area contributed by atoms with Crippen LogP contribution in [-0.4, -0.2) is 39.5 Å². The molecule has 2 rings (SSSR count). The summed E-state index contributed by atoms with van der Waals surface area (Å²) in [5.41, 5.74) is 1.13. The summed E-state index contributed by atoms with van der Waals surface area (Å²) in [6, 6.07) is 3.22. The van der Waals surface area contributed by atoms with E-state index in [2.05, 4.69) is 4.98 Å². The molecule has 20 heavy (non-hydrogen) atoms. The minimum Gasteiger partial charge on any atom is -0.480 e. The van der Waals surface area contributed by atoms with Gasteiger partial charge in [-0.2, -0.15) is 0 Å². The summed E-state index contributed by atoms with van der Waals surface area (Å²) in [6.45, 7) is 3.64. The van der Waals surface area contributed by atoms with Gasteiger partial charge in [0.2, 0.25) is 0 Å². The van der Waals surface area contributed by atoms with Gasteiger partial charge in [-0.3, -0.25) is 9.59 Å². The fraction of sp³-hybridized carbons (Fsp3) is 0.500. The Morgan fingerprint density at radius 1 is 1.45 bits per heavy atom. The van der Waals surface area contributed by atoms with Crippen molar-refractivity contribution in [1.82, 2.24) is 9.88 Å². The number of carbonyl (C=O) groups is 2. The second-order valence-corrected chi connectivity index (χ2v) is 5.70. The molecular weight excluding hydrogens is 280 g/mol. The van der Waals surface area contributed by atoms with Gasteiger partial charge in [-0.1, -0.05) is 25.4 Å². The Morgan fingerprint density at radius 3 is 2.60 bits per heavy atom. The molecule has 1 aromatic rings. The van der Waals surface area contributed by atoms with Crippen LogP contribution < -0.4 is 0 Å². The molecule has 0 spiro atoms. The Balaban J connectivity index is 2.28. The molecule has 0 bridgehead atoms. The Hall–Kier alpha value is -1.62. The number of carbonyl (C=O) groups excluding carboxylic acids is 1. The van der Waals surface area contributed by atoms with Gasteiger partial charge in [0.05, 0.1) is 0 Å². The summed E-state index contributed by atoms with van der Waals surface area (Å²) in [5, 5.41) is 9.18. The molecular formula is C14H17ClN2O3. The van der Waals surface area contributed by atoms with Crippen LogP contribution in [0.1, 0.15) is 48.7 Å². The summed E-state index contributed by atoms with van der Waals surface area (Å²) in [4.78, 5) is 28.9. The van der Waals surface area contributed by atoms with Crippen molar-refractivity contribution in [2.24, 2.45) is 0 Å². The lowest BCUT2D eigenvalue weighted by atomic mass is 10.1. The maximum Gasteiger partial charge on any atom is 0.323 e. The molecule has 1 saturated carbocycles. The molecule has 0 saturated heterocycles. The number of carboxylic acids is 1. The average Bonchev–Trinajstić information content (AvgIpc) is 3.18. The fourth-order valence-electron chi connectivity index (χ4n) is 2.00. The normalized spacial score (nSPS) is 14.4. The van der Waals surface area contributed by atoms with Gasteiger partial charge in [0.25, 0.3) is 5.91 Å². The van der Waals surface area contributed by atoms with E-state index >= 15 is 0 Å². The number of amides is 1. The minimum absolute atomic E-state index is 0.0352. The van der Waals surface area contributed by atoms with Gasteiger partial charge in [-0.05, 0) is 30.9 Å². The monoisotopic (exact) mass is 296 g/mol. The predicted octanol–water partition coefficient (Wildman–Crippen LogP) is 2.55. The first-order valence-electron chi connectivity index (χ1n) is 6.58. The Labute approximate surface area is 122 Å². The second-order valence-electron chi connectivity index (χ2n) is 5.32. The highest BCUT2D eigenvalue weighted by Crippen LogP contribution is 2.29. The highest BCUT2D eigenvalue weighted by atomic mass is 35.5. The summed E-state index contributed by atoms with van der Waals surface area (Å²) >= 11 is 5.95. The molecule has 1 heterocycles. The van der Waals surface area contributed by atoms with Gasteiger partial charge in [-0.15, -0.1) is 0 Å². The number of nitrogens with zero attached hydrogens (tertiary/aromatic N) is 2. The smallest absolute Gasteiger partial charge is 0.323 e. The number of pyridine rings is 1. The zero-order chi connectivity index (χ0) is 14.9. The molecule has 1 fully saturated rings. The van der Waals surface area contributed by atoms with E-state index in [9.17, 15) is 9.59 Å². The molecule has 0 radical (unpaired) electrons. The van der Waals surface area contributed by atoms with E-state index in [0.29, 0.717) is 5.56 Å². The largest absolute Gasteiger partial charge is 0.480 e. The zero-order valence-electron chi connectivity index (χ0n) is 11.5. The zero-order valence-corrected chi connectivity index (χ0v) is 12.2. The van der Waals surface area contributed by atoms with Crippen LogP contribution in [0.15, 0.2) is 12.1 Å². The van der Waals surface area contributed by atoms with Crippen LogP contribution in [-0.2, 0) is 4.79 Å². The number of carboxylic acid groups (broad SMARTS) is 1. The maximum absolute atomic E-state index is 12.5. The first kappa shape index (κ1) is 14.8. The fourth-order valence-corrected chi connectivity index (χ4v) is 2.22. The van der Waals surface area contributed by atoms with E-state index in [1.54, 1.807) is 6.07 Å². The molecule has 0 atom stereocenters. The number of rotatable bonds is 5. The van der Waals surface area contributed by atoms with Gasteiger partial charge < -0.3 is 10.0 Å². The average molecular weight is 297 g/mol. The lowest BCUT2D eigenvalue weighted by molar-refractivity contribution is -0.137. The Morgan fingerprint density at radius 2 is 2.10 bits per heavy atom. The van der Waals surface area contributed by atoms with E-state index < -0.39 is 5.97 Å². The molecule has 0 aromatic carbocycles. The van der Waals surface area contributed by atoms with Crippen LogP contribution >= 0.6 is 11.6 Å².